The molecule has 1 unspecified atom stereocenters. The van der Waals surface area contributed by atoms with E-state index in [0.29, 0.717) is 42.9 Å². The predicted octanol–water partition coefficient (Wildman–Crippen LogP) is 4.53. The minimum Gasteiger partial charge on any atom is -0.494 e. The van der Waals surface area contributed by atoms with Crippen molar-refractivity contribution in [1.82, 2.24) is 15.0 Å². The molecule has 1 spiro atoms. The highest BCUT2D eigenvalue weighted by molar-refractivity contribution is 5.94. The van der Waals surface area contributed by atoms with E-state index in [1.807, 2.05) is 30.3 Å². The van der Waals surface area contributed by atoms with E-state index in [2.05, 4.69) is 10.1 Å². The van der Waals surface area contributed by atoms with Gasteiger partial charge in [-0.25, -0.2) is 4.39 Å². The summed E-state index contributed by atoms with van der Waals surface area (Å²) in [6.45, 7) is 1.85. The largest absolute Gasteiger partial charge is 0.494 e. The van der Waals surface area contributed by atoms with Crippen molar-refractivity contribution in [2.75, 3.05) is 26.8 Å². The Bertz CT molecular complexity index is 1140. The molecule has 1 aromatic heterocycles. The van der Waals surface area contributed by atoms with Crippen LogP contribution in [-0.4, -0.2) is 53.4 Å². The molecule has 0 saturated carbocycles. The summed E-state index contributed by atoms with van der Waals surface area (Å²) in [5.74, 6) is 1.08. The lowest BCUT2D eigenvalue weighted by atomic mass is 9.78. The van der Waals surface area contributed by atoms with E-state index in [1.165, 1.54) is 19.2 Å². The van der Waals surface area contributed by atoms with Gasteiger partial charge in [-0.05, 0) is 49.8 Å². The molecule has 0 aliphatic carbocycles. The van der Waals surface area contributed by atoms with E-state index in [0.717, 1.165) is 37.7 Å². The molecule has 2 aliphatic heterocycles. The van der Waals surface area contributed by atoms with E-state index in [4.69, 9.17) is 14.0 Å². The first-order valence-electron chi connectivity index (χ1n) is 11.7. The zero-order valence-corrected chi connectivity index (χ0v) is 19.2. The van der Waals surface area contributed by atoms with E-state index in [1.54, 1.807) is 11.0 Å². The van der Waals surface area contributed by atoms with Gasteiger partial charge in [0.05, 0.1) is 12.7 Å². The second kappa shape index (κ2) is 9.54. The maximum absolute atomic E-state index is 14.1. The van der Waals surface area contributed by atoms with Crippen LogP contribution in [0.4, 0.5) is 4.39 Å². The molecule has 178 valence electrons. The summed E-state index contributed by atoms with van der Waals surface area (Å²) in [6, 6.07) is 14.1. The summed E-state index contributed by atoms with van der Waals surface area (Å²) in [4.78, 5) is 19.3. The molecule has 34 heavy (non-hydrogen) atoms. The van der Waals surface area contributed by atoms with Crippen LogP contribution in [0.25, 0.3) is 11.4 Å². The van der Waals surface area contributed by atoms with Crippen LogP contribution >= 0.6 is 0 Å². The average Bonchev–Trinajstić information content (AvgIpc) is 3.33. The Hall–Kier alpha value is -3.26. The fourth-order valence-corrected chi connectivity index (χ4v) is 5.04. The van der Waals surface area contributed by atoms with Crippen LogP contribution in [-0.2, 0) is 11.2 Å². The van der Waals surface area contributed by atoms with Gasteiger partial charge in [0, 0.05) is 37.2 Å². The lowest BCUT2D eigenvalue weighted by molar-refractivity contribution is -0.124. The van der Waals surface area contributed by atoms with Gasteiger partial charge in [0.1, 0.15) is 0 Å². The highest BCUT2D eigenvalue weighted by Gasteiger charge is 2.41. The number of amides is 1. The first-order chi connectivity index (χ1) is 16.5. The smallest absolute Gasteiger partial charge is 0.253 e. The van der Waals surface area contributed by atoms with Crippen LogP contribution in [0.1, 0.15) is 41.9 Å². The monoisotopic (exact) mass is 465 g/mol. The molecule has 2 fully saturated rings. The Kier molecular flexibility index (Phi) is 6.32. The number of piperidine rings is 1. The van der Waals surface area contributed by atoms with Crippen molar-refractivity contribution < 1.29 is 23.2 Å². The van der Waals surface area contributed by atoms with Gasteiger partial charge < -0.3 is 18.9 Å². The van der Waals surface area contributed by atoms with Crippen molar-refractivity contribution in [3.05, 3.63) is 65.8 Å². The third kappa shape index (κ3) is 4.68. The molecule has 3 heterocycles. The normalized spacial score (nSPS) is 19.8. The summed E-state index contributed by atoms with van der Waals surface area (Å²) in [5.41, 5.74) is 1.03. The highest BCUT2D eigenvalue weighted by atomic mass is 19.1. The maximum atomic E-state index is 14.1. The first kappa shape index (κ1) is 22.5. The van der Waals surface area contributed by atoms with Gasteiger partial charge in [0.2, 0.25) is 11.7 Å². The van der Waals surface area contributed by atoms with Crippen LogP contribution in [0.15, 0.2) is 53.1 Å². The summed E-state index contributed by atoms with van der Waals surface area (Å²) in [6.07, 6.45) is 4.08. The Balaban J connectivity index is 1.19. The zero-order valence-electron chi connectivity index (χ0n) is 19.2. The quantitative estimate of drug-likeness (QED) is 0.551. The number of likely N-dealkylation sites (tertiary alicyclic amines) is 1. The van der Waals surface area contributed by atoms with Gasteiger partial charge in [0.25, 0.3) is 5.91 Å². The maximum Gasteiger partial charge on any atom is 0.253 e. The van der Waals surface area contributed by atoms with Gasteiger partial charge in [-0.1, -0.05) is 35.5 Å². The number of benzene rings is 2. The fourth-order valence-electron chi connectivity index (χ4n) is 5.04. The Labute approximate surface area is 197 Å². The summed E-state index contributed by atoms with van der Waals surface area (Å²) < 4.78 is 30.8. The molecular formula is C26H28FN3O4. The van der Waals surface area contributed by atoms with E-state index < -0.39 is 5.82 Å². The van der Waals surface area contributed by atoms with E-state index in [-0.39, 0.29) is 17.3 Å². The molecule has 1 amide bonds. The third-order valence-corrected chi connectivity index (χ3v) is 6.92. The number of carbonyl (C=O) groups excluding carboxylic acids is 1. The van der Waals surface area contributed by atoms with Gasteiger partial charge in [-0.3, -0.25) is 4.79 Å². The van der Waals surface area contributed by atoms with Crippen LogP contribution in [0.3, 0.4) is 0 Å². The zero-order chi connectivity index (χ0) is 23.5. The third-order valence-electron chi connectivity index (χ3n) is 6.92. The lowest BCUT2D eigenvalue weighted by Gasteiger charge is -2.46. The Morgan fingerprint density at radius 1 is 1.21 bits per heavy atom. The van der Waals surface area contributed by atoms with Gasteiger partial charge in [0.15, 0.2) is 11.6 Å². The van der Waals surface area contributed by atoms with Crippen molar-refractivity contribution >= 4 is 5.91 Å². The molecule has 2 saturated heterocycles. The highest BCUT2D eigenvalue weighted by Crippen LogP contribution is 2.39. The summed E-state index contributed by atoms with van der Waals surface area (Å²) in [7, 11) is 1.40. The topological polar surface area (TPSA) is 77.7 Å². The van der Waals surface area contributed by atoms with Crippen molar-refractivity contribution in [1.29, 1.82) is 0 Å². The van der Waals surface area contributed by atoms with Gasteiger partial charge in [-0.2, -0.15) is 4.98 Å². The van der Waals surface area contributed by atoms with E-state index in [9.17, 15) is 9.18 Å². The SMILES string of the molecule is COc1ccc(C(=O)N2CCC3(CC2)CC(Cc2nc(-c4ccccc4)no2)CCO3)cc1F. The number of methoxy groups -OCH3 is 1. The predicted molar refractivity (Wildman–Crippen MR) is 123 cm³/mol. The lowest BCUT2D eigenvalue weighted by Crippen LogP contribution is -2.51. The Morgan fingerprint density at radius 2 is 2.00 bits per heavy atom. The number of ether oxygens (including phenoxy) is 2. The minimum absolute atomic E-state index is 0.132. The molecule has 0 bridgehead atoms. The average molecular weight is 466 g/mol. The minimum atomic E-state index is -0.531. The van der Waals surface area contributed by atoms with Crippen molar-refractivity contribution in [2.45, 2.75) is 37.7 Å². The Morgan fingerprint density at radius 3 is 2.74 bits per heavy atom. The molecule has 3 aromatic rings. The molecule has 0 radical (unpaired) electrons. The second-order valence-electron chi connectivity index (χ2n) is 9.11. The van der Waals surface area contributed by atoms with Crippen molar-refractivity contribution in [2.24, 2.45) is 5.92 Å². The van der Waals surface area contributed by atoms with Crippen LogP contribution in [0.2, 0.25) is 0 Å². The number of halogens is 1. The van der Waals surface area contributed by atoms with Crippen molar-refractivity contribution in [3.8, 4) is 17.1 Å². The standard InChI is InChI=1S/C26H28FN3O4/c1-32-22-8-7-20(16-21(22)27)25(31)30-12-10-26(11-13-30)17-18(9-14-33-26)15-23-28-24(29-34-23)19-5-3-2-4-6-19/h2-8,16,18H,9-15,17H2,1H3. The number of nitrogens with zero attached hydrogens (tertiary/aromatic N) is 3. The molecule has 7 nitrogen and oxygen atoms in total. The summed E-state index contributed by atoms with van der Waals surface area (Å²) in [5, 5.41) is 4.14. The van der Waals surface area contributed by atoms with Gasteiger partial charge in [-0.15, -0.1) is 0 Å². The number of hydrogen-bond acceptors (Lipinski definition) is 6. The van der Waals surface area contributed by atoms with Crippen LogP contribution < -0.4 is 4.74 Å². The van der Waals surface area contributed by atoms with Crippen LogP contribution in [0, 0.1) is 11.7 Å². The molecule has 5 rings (SSSR count). The number of carbonyl (C=O) groups is 1. The molecule has 8 heteroatoms. The molecule has 2 aromatic carbocycles. The molecule has 1 atom stereocenters. The van der Waals surface area contributed by atoms with Crippen molar-refractivity contribution in [3.63, 3.8) is 0 Å². The number of hydrogen-bond donors (Lipinski definition) is 0. The first-order valence-corrected chi connectivity index (χ1v) is 11.7. The summed E-state index contributed by atoms with van der Waals surface area (Å²) >= 11 is 0. The number of rotatable bonds is 5. The molecule has 0 N–H and O–H groups in total. The van der Waals surface area contributed by atoms with E-state index >= 15 is 0 Å². The van der Waals surface area contributed by atoms with Crippen LogP contribution in [0.5, 0.6) is 5.75 Å². The number of aromatic nitrogens is 2. The van der Waals surface area contributed by atoms with Gasteiger partial charge >= 0.3 is 0 Å². The second-order valence-corrected chi connectivity index (χ2v) is 9.11. The molecular weight excluding hydrogens is 437 g/mol. The molecule has 2 aliphatic rings. The fraction of sp³-hybridized carbons (Fsp3) is 0.423.